The highest BCUT2D eigenvalue weighted by Crippen LogP contribution is 2.30. The lowest BCUT2D eigenvalue weighted by atomic mass is 9.93. The SMILES string of the molecule is CCCCCCCCCCCCC(S)(CCCCCCCC)C(=O)O. The van der Waals surface area contributed by atoms with Crippen molar-refractivity contribution >= 4 is 18.6 Å². The van der Waals surface area contributed by atoms with Crippen LogP contribution in [0.4, 0.5) is 0 Å². The molecule has 0 amide bonds. The van der Waals surface area contributed by atoms with Crippen LogP contribution in [-0.2, 0) is 4.79 Å². The summed E-state index contributed by atoms with van der Waals surface area (Å²) in [5.74, 6) is -0.722. The van der Waals surface area contributed by atoms with E-state index in [9.17, 15) is 9.90 Å². The van der Waals surface area contributed by atoms with Crippen molar-refractivity contribution in [2.45, 2.75) is 134 Å². The Labute approximate surface area is 163 Å². The van der Waals surface area contributed by atoms with Crippen LogP contribution in [0.1, 0.15) is 129 Å². The van der Waals surface area contributed by atoms with Crippen molar-refractivity contribution in [2.24, 2.45) is 0 Å². The third-order valence-electron chi connectivity index (χ3n) is 5.29. The van der Waals surface area contributed by atoms with E-state index in [0.717, 1.165) is 38.5 Å². The fraction of sp³-hybridized carbons (Fsp3) is 0.955. The average Bonchev–Trinajstić information content (AvgIpc) is 2.59. The predicted molar refractivity (Wildman–Crippen MR) is 114 cm³/mol. The molecule has 0 heterocycles. The number of thiol groups is 1. The van der Waals surface area contributed by atoms with Crippen LogP contribution < -0.4 is 0 Å². The van der Waals surface area contributed by atoms with Gasteiger partial charge in [0.1, 0.15) is 4.75 Å². The lowest BCUT2D eigenvalue weighted by Crippen LogP contribution is -2.32. The second kappa shape index (κ2) is 17.2. The molecule has 2 nitrogen and oxygen atoms in total. The number of rotatable bonds is 19. The van der Waals surface area contributed by atoms with Gasteiger partial charge in [-0.05, 0) is 12.8 Å². The Morgan fingerprint density at radius 3 is 1.20 bits per heavy atom. The number of carboxylic acid groups (broad SMARTS) is 1. The third-order valence-corrected chi connectivity index (χ3v) is 5.92. The van der Waals surface area contributed by atoms with Gasteiger partial charge in [0.2, 0.25) is 0 Å². The Kier molecular flexibility index (Phi) is 17.1. The van der Waals surface area contributed by atoms with Crippen LogP contribution in [0.25, 0.3) is 0 Å². The minimum atomic E-state index is -0.801. The maximum Gasteiger partial charge on any atom is 0.319 e. The molecule has 0 spiro atoms. The molecule has 0 aliphatic heterocycles. The van der Waals surface area contributed by atoms with E-state index in [1.54, 1.807) is 0 Å². The third kappa shape index (κ3) is 14.7. The molecule has 3 heteroatoms. The second-order valence-corrected chi connectivity index (χ2v) is 8.64. The van der Waals surface area contributed by atoms with Crippen LogP contribution >= 0.6 is 12.6 Å². The Bertz CT molecular complexity index is 306. The van der Waals surface area contributed by atoms with Gasteiger partial charge in [-0.3, -0.25) is 4.79 Å². The molecule has 0 saturated heterocycles. The smallest absolute Gasteiger partial charge is 0.319 e. The van der Waals surface area contributed by atoms with Gasteiger partial charge in [-0.1, -0.05) is 117 Å². The van der Waals surface area contributed by atoms with Gasteiger partial charge in [0, 0.05) is 0 Å². The molecule has 0 aliphatic carbocycles. The summed E-state index contributed by atoms with van der Waals surface area (Å²) in [5.41, 5.74) is 0. The maximum absolute atomic E-state index is 11.6. The molecule has 150 valence electrons. The van der Waals surface area contributed by atoms with Crippen molar-refractivity contribution in [1.82, 2.24) is 0 Å². The molecule has 25 heavy (non-hydrogen) atoms. The van der Waals surface area contributed by atoms with Crippen LogP contribution in [-0.4, -0.2) is 15.8 Å². The number of aliphatic carboxylic acids is 1. The molecule has 0 aromatic heterocycles. The zero-order chi connectivity index (χ0) is 18.8. The molecule has 1 N–H and O–H groups in total. The molecule has 0 fully saturated rings. The summed E-state index contributed by atoms with van der Waals surface area (Å²) in [6.07, 6.45) is 21.5. The molecule has 1 atom stereocenters. The Hall–Kier alpha value is -0.180. The second-order valence-electron chi connectivity index (χ2n) is 7.79. The van der Waals surface area contributed by atoms with Crippen LogP contribution in [0.15, 0.2) is 0 Å². The summed E-state index contributed by atoms with van der Waals surface area (Å²) < 4.78 is -0.801. The summed E-state index contributed by atoms with van der Waals surface area (Å²) in [6, 6.07) is 0. The van der Waals surface area contributed by atoms with Gasteiger partial charge in [-0.15, -0.1) is 0 Å². The van der Waals surface area contributed by atoms with Crippen LogP contribution in [0.2, 0.25) is 0 Å². The Morgan fingerprint density at radius 2 is 0.920 bits per heavy atom. The van der Waals surface area contributed by atoms with Crippen molar-refractivity contribution < 1.29 is 9.90 Å². The van der Waals surface area contributed by atoms with Crippen molar-refractivity contribution in [3.63, 3.8) is 0 Å². The summed E-state index contributed by atoms with van der Waals surface area (Å²) in [5, 5.41) is 9.54. The first kappa shape index (κ1) is 24.8. The predicted octanol–water partition coefficient (Wildman–Crippen LogP) is 7.80. The maximum atomic E-state index is 11.6. The molecule has 0 rings (SSSR count). The lowest BCUT2D eigenvalue weighted by molar-refractivity contribution is -0.140. The fourth-order valence-corrected chi connectivity index (χ4v) is 3.76. The highest BCUT2D eigenvalue weighted by molar-refractivity contribution is 7.82. The summed E-state index contributed by atoms with van der Waals surface area (Å²) >= 11 is 4.55. The van der Waals surface area contributed by atoms with Crippen molar-refractivity contribution in [3.05, 3.63) is 0 Å². The zero-order valence-electron chi connectivity index (χ0n) is 17.0. The highest BCUT2D eigenvalue weighted by Gasteiger charge is 2.32. The molecule has 0 saturated carbocycles. The van der Waals surface area contributed by atoms with E-state index >= 15 is 0 Å². The van der Waals surface area contributed by atoms with E-state index in [4.69, 9.17) is 0 Å². The summed E-state index contributed by atoms with van der Waals surface area (Å²) in [7, 11) is 0. The van der Waals surface area contributed by atoms with Crippen LogP contribution in [0.5, 0.6) is 0 Å². The van der Waals surface area contributed by atoms with E-state index in [1.807, 2.05) is 0 Å². The van der Waals surface area contributed by atoms with Crippen molar-refractivity contribution in [2.75, 3.05) is 0 Å². The van der Waals surface area contributed by atoms with E-state index in [1.165, 1.54) is 77.0 Å². The van der Waals surface area contributed by atoms with Gasteiger partial charge >= 0.3 is 5.97 Å². The normalized spacial score (nSPS) is 13.7. The van der Waals surface area contributed by atoms with E-state index in [0.29, 0.717) is 0 Å². The van der Waals surface area contributed by atoms with Crippen molar-refractivity contribution in [3.8, 4) is 0 Å². The molecular formula is C22H44O2S. The van der Waals surface area contributed by atoms with Gasteiger partial charge in [0.15, 0.2) is 0 Å². The van der Waals surface area contributed by atoms with Gasteiger partial charge < -0.3 is 5.11 Å². The first-order valence-electron chi connectivity index (χ1n) is 11.0. The molecule has 0 bridgehead atoms. The molecule has 0 aromatic carbocycles. The van der Waals surface area contributed by atoms with E-state index in [2.05, 4.69) is 26.5 Å². The zero-order valence-corrected chi connectivity index (χ0v) is 17.9. The number of carbonyl (C=O) groups is 1. The molecule has 1 unspecified atom stereocenters. The molecule has 0 aliphatic rings. The Balaban J connectivity index is 3.68. The first-order valence-corrected chi connectivity index (χ1v) is 11.5. The standard InChI is InChI=1S/C22H44O2S/c1-3-5-7-9-11-12-13-14-16-18-20-22(25,21(23)24)19-17-15-10-8-6-4-2/h25H,3-20H2,1-2H3,(H,23,24). The van der Waals surface area contributed by atoms with Gasteiger partial charge in [-0.25, -0.2) is 0 Å². The minimum Gasteiger partial charge on any atom is -0.480 e. The molecule has 0 aromatic rings. The van der Waals surface area contributed by atoms with E-state index in [-0.39, 0.29) is 0 Å². The van der Waals surface area contributed by atoms with Crippen molar-refractivity contribution in [1.29, 1.82) is 0 Å². The number of hydrogen-bond donors (Lipinski definition) is 2. The van der Waals surface area contributed by atoms with Crippen LogP contribution in [0.3, 0.4) is 0 Å². The number of carboxylic acids is 1. The number of unbranched alkanes of at least 4 members (excludes halogenated alkanes) is 14. The largest absolute Gasteiger partial charge is 0.480 e. The highest BCUT2D eigenvalue weighted by atomic mass is 32.1. The quantitative estimate of drug-likeness (QED) is 0.179. The lowest BCUT2D eigenvalue weighted by Gasteiger charge is -2.23. The number of hydrogen-bond acceptors (Lipinski definition) is 2. The minimum absolute atomic E-state index is 0.717. The van der Waals surface area contributed by atoms with Gasteiger partial charge in [0.25, 0.3) is 0 Å². The summed E-state index contributed by atoms with van der Waals surface area (Å²) in [6.45, 7) is 4.47. The van der Waals surface area contributed by atoms with E-state index < -0.39 is 10.7 Å². The monoisotopic (exact) mass is 372 g/mol. The molecule has 0 radical (unpaired) electrons. The molecular weight excluding hydrogens is 328 g/mol. The van der Waals surface area contributed by atoms with Crippen LogP contribution in [0, 0.1) is 0 Å². The topological polar surface area (TPSA) is 37.3 Å². The average molecular weight is 373 g/mol. The first-order chi connectivity index (χ1) is 12.1. The summed E-state index contributed by atoms with van der Waals surface area (Å²) in [4.78, 5) is 11.6. The Morgan fingerprint density at radius 1 is 0.640 bits per heavy atom. The van der Waals surface area contributed by atoms with Gasteiger partial charge in [-0.2, -0.15) is 12.6 Å². The van der Waals surface area contributed by atoms with Gasteiger partial charge in [0.05, 0.1) is 0 Å². The fourth-order valence-electron chi connectivity index (χ4n) is 3.44.